The number of phenols is 1. The zero-order valence-electron chi connectivity index (χ0n) is 11.5. The number of nitrogens with zero attached hydrogens (tertiary/aromatic N) is 1. The van der Waals surface area contributed by atoms with Crippen molar-refractivity contribution in [3.8, 4) is 17.2 Å². The minimum atomic E-state index is -0.107. The van der Waals surface area contributed by atoms with E-state index in [9.17, 15) is 9.90 Å². The van der Waals surface area contributed by atoms with Crippen LogP contribution in [0.15, 0.2) is 46.9 Å². The highest BCUT2D eigenvalue weighted by Crippen LogP contribution is 2.32. The van der Waals surface area contributed by atoms with Crippen molar-refractivity contribution in [2.75, 3.05) is 5.32 Å². The van der Waals surface area contributed by atoms with Crippen LogP contribution in [0.3, 0.4) is 0 Å². The van der Waals surface area contributed by atoms with Gasteiger partial charge in [-0.2, -0.15) is 0 Å². The molecule has 0 aliphatic rings. The number of para-hydroxylation sites is 2. The fourth-order valence-corrected chi connectivity index (χ4v) is 2.03. The predicted molar refractivity (Wildman–Crippen MR) is 80.0 cm³/mol. The lowest BCUT2D eigenvalue weighted by Gasteiger charge is -2.06. The lowest BCUT2D eigenvalue weighted by atomic mass is 10.1. The summed E-state index contributed by atoms with van der Waals surface area (Å²) < 4.78 is 5.62. The molecule has 0 radical (unpaired) electrons. The van der Waals surface area contributed by atoms with Crippen LogP contribution in [0.1, 0.15) is 13.3 Å². The third-order valence-electron chi connectivity index (χ3n) is 3.13. The van der Waals surface area contributed by atoms with E-state index >= 15 is 0 Å². The first kappa shape index (κ1) is 13.2. The Balaban J connectivity index is 1.97. The second kappa shape index (κ2) is 5.28. The molecule has 0 saturated carbocycles. The molecule has 1 heterocycles. The highest BCUT2D eigenvalue weighted by Gasteiger charge is 2.13. The average molecular weight is 282 g/mol. The van der Waals surface area contributed by atoms with Gasteiger partial charge >= 0.3 is 0 Å². The van der Waals surface area contributed by atoms with Crippen molar-refractivity contribution in [1.82, 2.24) is 4.98 Å². The van der Waals surface area contributed by atoms with Gasteiger partial charge in [0.25, 0.3) is 0 Å². The number of amides is 1. The molecule has 0 unspecified atom stereocenters. The summed E-state index contributed by atoms with van der Waals surface area (Å²) in [6.07, 6.45) is 0.383. The number of carbonyl (C=O) groups is 1. The maximum Gasteiger partial charge on any atom is 0.231 e. The van der Waals surface area contributed by atoms with Crippen LogP contribution in [0.2, 0.25) is 0 Å². The SMILES string of the molecule is CCC(=O)Nc1ccc(-c2nc3ccccc3o2)c(O)c1. The molecule has 0 aliphatic carbocycles. The zero-order valence-corrected chi connectivity index (χ0v) is 11.5. The summed E-state index contributed by atoms with van der Waals surface area (Å²) in [5, 5.41) is 12.8. The van der Waals surface area contributed by atoms with E-state index in [0.29, 0.717) is 29.1 Å². The van der Waals surface area contributed by atoms with Gasteiger partial charge in [0, 0.05) is 18.2 Å². The molecular formula is C16H14N2O3. The first-order valence-corrected chi connectivity index (χ1v) is 6.66. The van der Waals surface area contributed by atoms with Crippen LogP contribution in [0.5, 0.6) is 5.75 Å². The minimum Gasteiger partial charge on any atom is -0.507 e. The first-order valence-electron chi connectivity index (χ1n) is 6.66. The number of rotatable bonds is 3. The smallest absolute Gasteiger partial charge is 0.231 e. The molecule has 3 rings (SSSR count). The Bertz CT molecular complexity index is 775. The summed E-state index contributed by atoms with van der Waals surface area (Å²) in [7, 11) is 0. The molecule has 0 spiro atoms. The Morgan fingerprint density at radius 2 is 2.10 bits per heavy atom. The van der Waals surface area contributed by atoms with Crippen molar-refractivity contribution in [2.45, 2.75) is 13.3 Å². The molecule has 0 fully saturated rings. The van der Waals surface area contributed by atoms with Gasteiger partial charge in [-0.15, -0.1) is 0 Å². The number of phenolic OH excluding ortho intramolecular Hbond substituents is 1. The normalized spacial score (nSPS) is 10.7. The molecule has 5 nitrogen and oxygen atoms in total. The molecule has 106 valence electrons. The molecule has 21 heavy (non-hydrogen) atoms. The third kappa shape index (κ3) is 2.58. The number of benzene rings is 2. The van der Waals surface area contributed by atoms with E-state index < -0.39 is 0 Å². The molecule has 0 bridgehead atoms. The number of nitrogens with one attached hydrogen (secondary N) is 1. The third-order valence-corrected chi connectivity index (χ3v) is 3.13. The van der Waals surface area contributed by atoms with Crippen molar-refractivity contribution in [2.24, 2.45) is 0 Å². The van der Waals surface area contributed by atoms with Gasteiger partial charge in [-0.25, -0.2) is 4.98 Å². The standard InChI is InChI=1S/C16H14N2O3/c1-2-15(20)17-10-7-8-11(13(19)9-10)16-18-12-5-3-4-6-14(12)21-16/h3-9,19H,2H2,1H3,(H,17,20). The summed E-state index contributed by atoms with van der Waals surface area (Å²) in [4.78, 5) is 15.7. The molecule has 0 atom stereocenters. The number of hydrogen-bond acceptors (Lipinski definition) is 4. The predicted octanol–water partition coefficient (Wildman–Crippen LogP) is 3.55. The lowest BCUT2D eigenvalue weighted by molar-refractivity contribution is -0.115. The van der Waals surface area contributed by atoms with Crippen LogP contribution in [-0.4, -0.2) is 16.0 Å². The fraction of sp³-hybridized carbons (Fsp3) is 0.125. The number of carbonyl (C=O) groups excluding carboxylic acids is 1. The van der Waals surface area contributed by atoms with Gasteiger partial charge in [0.15, 0.2) is 5.58 Å². The maximum absolute atomic E-state index is 11.3. The van der Waals surface area contributed by atoms with E-state index in [1.165, 1.54) is 6.07 Å². The van der Waals surface area contributed by atoms with E-state index in [4.69, 9.17) is 4.42 Å². The van der Waals surface area contributed by atoms with Gasteiger partial charge in [-0.05, 0) is 24.3 Å². The van der Waals surface area contributed by atoms with Crippen LogP contribution in [0, 0.1) is 0 Å². The highest BCUT2D eigenvalue weighted by atomic mass is 16.3. The number of aromatic hydroxyl groups is 1. The van der Waals surface area contributed by atoms with Crippen molar-refractivity contribution in [1.29, 1.82) is 0 Å². The van der Waals surface area contributed by atoms with E-state index in [1.807, 2.05) is 24.3 Å². The monoisotopic (exact) mass is 282 g/mol. The molecular weight excluding hydrogens is 268 g/mol. The summed E-state index contributed by atoms with van der Waals surface area (Å²) in [6, 6.07) is 12.3. The molecule has 0 aliphatic heterocycles. The summed E-state index contributed by atoms with van der Waals surface area (Å²) >= 11 is 0. The Morgan fingerprint density at radius 3 is 2.81 bits per heavy atom. The Hall–Kier alpha value is -2.82. The van der Waals surface area contributed by atoms with Crippen molar-refractivity contribution < 1.29 is 14.3 Å². The molecule has 5 heteroatoms. The van der Waals surface area contributed by atoms with Crippen molar-refractivity contribution in [3.63, 3.8) is 0 Å². The van der Waals surface area contributed by atoms with Crippen molar-refractivity contribution in [3.05, 3.63) is 42.5 Å². The lowest BCUT2D eigenvalue weighted by Crippen LogP contribution is -2.09. The Kier molecular flexibility index (Phi) is 3.31. The van der Waals surface area contributed by atoms with Crippen LogP contribution < -0.4 is 5.32 Å². The number of oxazole rings is 1. The van der Waals surface area contributed by atoms with Gasteiger partial charge in [0.1, 0.15) is 11.3 Å². The molecule has 2 aromatic carbocycles. The summed E-state index contributed by atoms with van der Waals surface area (Å²) in [5.41, 5.74) is 2.42. The number of anilines is 1. The van der Waals surface area contributed by atoms with Gasteiger partial charge < -0.3 is 14.8 Å². The highest BCUT2D eigenvalue weighted by molar-refractivity contribution is 5.91. The van der Waals surface area contributed by atoms with E-state index in [2.05, 4.69) is 10.3 Å². The zero-order chi connectivity index (χ0) is 14.8. The van der Waals surface area contributed by atoms with E-state index in [1.54, 1.807) is 19.1 Å². The quantitative estimate of drug-likeness (QED) is 0.770. The summed E-state index contributed by atoms with van der Waals surface area (Å²) in [5.74, 6) is 0.251. The number of hydrogen-bond donors (Lipinski definition) is 2. The second-order valence-electron chi connectivity index (χ2n) is 4.62. The van der Waals surface area contributed by atoms with E-state index in [-0.39, 0.29) is 11.7 Å². The fourth-order valence-electron chi connectivity index (χ4n) is 2.03. The van der Waals surface area contributed by atoms with Crippen LogP contribution >= 0.6 is 0 Å². The molecule has 2 N–H and O–H groups in total. The average Bonchev–Trinajstić information content (AvgIpc) is 2.90. The van der Waals surface area contributed by atoms with Crippen molar-refractivity contribution >= 4 is 22.7 Å². The summed E-state index contributed by atoms with van der Waals surface area (Å²) in [6.45, 7) is 1.77. The second-order valence-corrected chi connectivity index (χ2v) is 4.62. The molecule has 0 saturated heterocycles. The number of aromatic nitrogens is 1. The Labute approximate surface area is 121 Å². The number of fused-ring (bicyclic) bond motifs is 1. The largest absolute Gasteiger partial charge is 0.507 e. The molecule has 1 amide bonds. The van der Waals surface area contributed by atoms with Gasteiger partial charge in [0.2, 0.25) is 11.8 Å². The van der Waals surface area contributed by atoms with Gasteiger partial charge in [-0.3, -0.25) is 4.79 Å². The van der Waals surface area contributed by atoms with Crippen LogP contribution in [0.4, 0.5) is 5.69 Å². The minimum absolute atomic E-state index is 0.00968. The Morgan fingerprint density at radius 1 is 1.29 bits per heavy atom. The van der Waals surface area contributed by atoms with Crippen LogP contribution in [-0.2, 0) is 4.79 Å². The van der Waals surface area contributed by atoms with Gasteiger partial charge in [0.05, 0.1) is 5.56 Å². The maximum atomic E-state index is 11.3. The van der Waals surface area contributed by atoms with Crippen LogP contribution in [0.25, 0.3) is 22.6 Å². The molecule has 1 aromatic heterocycles. The topological polar surface area (TPSA) is 75.4 Å². The van der Waals surface area contributed by atoms with Gasteiger partial charge in [-0.1, -0.05) is 19.1 Å². The van der Waals surface area contributed by atoms with E-state index in [0.717, 1.165) is 5.52 Å². The molecule has 3 aromatic rings. The first-order chi connectivity index (χ1) is 10.2.